The van der Waals surface area contributed by atoms with Crippen molar-refractivity contribution >= 4 is 17.7 Å². The molecule has 5 nitrogen and oxygen atoms in total. The number of carbonyl (C=O) groups is 1. The van der Waals surface area contributed by atoms with E-state index >= 15 is 0 Å². The van der Waals surface area contributed by atoms with Crippen molar-refractivity contribution in [2.75, 3.05) is 0 Å². The first kappa shape index (κ1) is 13.7. The van der Waals surface area contributed by atoms with Crippen LogP contribution in [-0.4, -0.2) is 16.0 Å². The van der Waals surface area contributed by atoms with E-state index in [1.165, 1.54) is 0 Å². The van der Waals surface area contributed by atoms with Gasteiger partial charge in [-0.1, -0.05) is 0 Å². The van der Waals surface area contributed by atoms with Crippen molar-refractivity contribution in [2.45, 2.75) is 6.18 Å². The summed E-state index contributed by atoms with van der Waals surface area (Å²) in [4.78, 5) is 19.7. The Labute approximate surface area is 98.3 Å². The lowest BCUT2D eigenvalue weighted by molar-refractivity contribution is -0.385. The van der Waals surface area contributed by atoms with Crippen LogP contribution in [-0.2, 0) is 11.0 Å². The number of hydrogen-bond acceptors (Lipinski definition) is 3. The molecular weight excluding hydrogens is 255 g/mol. The minimum Gasteiger partial charge on any atom is -0.478 e. The molecule has 0 aliphatic carbocycles. The second-order valence-electron chi connectivity index (χ2n) is 3.24. The molecule has 0 bridgehead atoms. The van der Waals surface area contributed by atoms with Gasteiger partial charge in [0.1, 0.15) is 0 Å². The van der Waals surface area contributed by atoms with Crippen molar-refractivity contribution < 1.29 is 28.0 Å². The van der Waals surface area contributed by atoms with E-state index in [4.69, 9.17) is 5.11 Å². The number of halogens is 3. The maximum Gasteiger partial charge on any atom is 0.416 e. The summed E-state index contributed by atoms with van der Waals surface area (Å²) < 4.78 is 37.3. The van der Waals surface area contributed by atoms with E-state index in [1.54, 1.807) is 0 Å². The summed E-state index contributed by atoms with van der Waals surface area (Å²) in [6.45, 7) is 0. The Hall–Kier alpha value is -2.38. The number of alkyl halides is 3. The van der Waals surface area contributed by atoms with Gasteiger partial charge in [0.15, 0.2) is 0 Å². The van der Waals surface area contributed by atoms with Crippen LogP contribution >= 0.6 is 0 Å². The molecule has 0 radical (unpaired) electrons. The molecule has 0 saturated carbocycles. The Bertz CT molecular complexity index is 522. The molecule has 8 heteroatoms. The molecule has 0 atom stereocenters. The molecule has 0 heterocycles. The largest absolute Gasteiger partial charge is 0.478 e. The molecule has 18 heavy (non-hydrogen) atoms. The molecular formula is C10H6F3NO4. The number of hydrogen-bond donors (Lipinski definition) is 1. The maximum atomic E-state index is 12.4. The summed E-state index contributed by atoms with van der Waals surface area (Å²) in [5.74, 6) is -1.37. The molecule has 0 spiro atoms. The van der Waals surface area contributed by atoms with Gasteiger partial charge in [-0.25, -0.2) is 4.79 Å². The smallest absolute Gasteiger partial charge is 0.416 e. The van der Waals surface area contributed by atoms with Gasteiger partial charge in [-0.15, -0.1) is 0 Å². The summed E-state index contributed by atoms with van der Waals surface area (Å²) >= 11 is 0. The summed E-state index contributed by atoms with van der Waals surface area (Å²) in [6, 6.07) is 1.87. The van der Waals surface area contributed by atoms with E-state index in [0.717, 1.165) is 12.1 Å². The average Bonchev–Trinajstić information content (AvgIpc) is 2.24. The van der Waals surface area contributed by atoms with Crippen LogP contribution in [0, 0.1) is 10.1 Å². The molecule has 1 aromatic carbocycles. The molecule has 0 aromatic heterocycles. The summed E-state index contributed by atoms with van der Waals surface area (Å²) in [5.41, 5.74) is -2.17. The normalized spacial score (nSPS) is 11.7. The molecule has 0 aliphatic heterocycles. The van der Waals surface area contributed by atoms with Gasteiger partial charge < -0.3 is 5.11 Å². The highest BCUT2D eigenvalue weighted by molar-refractivity contribution is 5.85. The van der Waals surface area contributed by atoms with E-state index in [2.05, 4.69) is 0 Å². The molecule has 1 aromatic rings. The van der Waals surface area contributed by atoms with Gasteiger partial charge in [0.2, 0.25) is 0 Å². The minimum atomic E-state index is -4.74. The van der Waals surface area contributed by atoms with E-state index in [1.807, 2.05) is 0 Å². The second-order valence-corrected chi connectivity index (χ2v) is 3.24. The van der Waals surface area contributed by atoms with Gasteiger partial charge in [0.25, 0.3) is 5.69 Å². The predicted molar refractivity (Wildman–Crippen MR) is 54.8 cm³/mol. The molecule has 0 aliphatic rings. The van der Waals surface area contributed by atoms with E-state index in [0.29, 0.717) is 18.2 Å². The van der Waals surface area contributed by atoms with Gasteiger partial charge in [0.05, 0.1) is 10.5 Å². The summed E-state index contributed by atoms with van der Waals surface area (Å²) in [7, 11) is 0. The summed E-state index contributed by atoms with van der Waals surface area (Å²) in [5, 5.41) is 18.8. The van der Waals surface area contributed by atoms with Crippen LogP contribution in [0.2, 0.25) is 0 Å². The summed E-state index contributed by atoms with van der Waals surface area (Å²) in [6.07, 6.45) is -3.29. The van der Waals surface area contributed by atoms with Gasteiger partial charge in [-0.3, -0.25) is 10.1 Å². The third-order valence-corrected chi connectivity index (χ3v) is 1.90. The molecule has 0 unspecified atom stereocenters. The van der Waals surface area contributed by atoms with Crippen molar-refractivity contribution in [3.63, 3.8) is 0 Å². The Morgan fingerprint density at radius 3 is 2.39 bits per heavy atom. The number of carboxylic acids is 1. The third kappa shape index (κ3) is 3.58. The van der Waals surface area contributed by atoms with Gasteiger partial charge >= 0.3 is 12.1 Å². The molecule has 0 saturated heterocycles. The Kier molecular flexibility index (Phi) is 3.70. The van der Waals surface area contributed by atoms with Crippen molar-refractivity contribution in [3.8, 4) is 0 Å². The zero-order valence-corrected chi connectivity index (χ0v) is 8.64. The molecule has 0 amide bonds. The van der Waals surface area contributed by atoms with Crippen LogP contribution < -0.4 is 0 Å². The SMILES string of the molecule is O=C(O)C=Cc1cc([N+](=O)[O-])cc(C(F)(F)F)c1. The van der Waals surface area contributed by atoms with Crippen molar-refractivity contribution in [1.29, 1.82) is 0 Å². The quantitative estimate of drug-likeness (QED) is 0.515. The number of nitro benzene ring substituents is 1. The van der Waals surface area contributed by atoms with Crippen LogP contribution in [0.15, 0.2) is 24.3 Å². The van der Waals surface area contributed by atoms with Crippen molar-refractivity contribution in [1.82, 2.24) is 0 Å². The van der Waals surface area contributed by atoms with Gasteiger partial charge in [0, 0.05) is 18.2 Å². The number of nitrogens with zero attached hydrogens (tertiary/aromatic N) is 1. The van der Waals surface area contributed by atoms with Crippen LogP contribution in [0.25, 0.3) is 6.08 Å². The number of rotatable bonds is 3. The zero-order chi connectivity index (χ0) is 13.9. The minimum absolute atomic E-state index is 0.209. The lowest BCUT2D eigenvalue weighted by Crippen LogP contribution is -2.06. The first-order valence-electron chi connectivity index (χ1n) is 4.48. The number of non-ortho nitro benzene ring substituents is 1. The van der Waals surface area contributed by atoms with Crippen molar-refractivity contribution in [2.24, 2.45) is 0 Å². The fourth-order valence-electron chi connectivity index (χ4n) is 1.17. The Balaban J connectivity index is 3.31. The average molecular weight is 261 g/mol. The van der Waals surface area contributed by atoms with Crippen LogP contribution in [0.3, 0.4) is 0 Å². The second kappa shape index (κ2) is 4.86. The number of carboxylic acid groups (broad SMARTS) is 1. The molecule has 1 rings (SSSR count). The first-order valence-corrected chi connectivity index (χ1v) is 4.48. The third-order valence-electron chi connectivity index (χ3n) is 1.90. The van der Waals surface area contributed by atoms with E-state index < -0.39 is 28.3 Å². The predicted octanol–water partition coefficient (Wildman–Crippen LogP) is 2.71. The highest BCUT2D eigenvalue weighted by Crippen LogP contribution is 2.32. The lowest BCUT2D eigenvalue weighted by Gasteiger charge is -2.07. The Morgan fingerprint density at radius 2 is 1.94 bits per heavy atom. The number of nitro groups is 1. The maximum absolute atomic E-state index is 12.4. The lowest BCUT2D eigenvalue weighted by atomic mass is 10.1. The highest BCUT2D eigenvalue weighted by Gasteiger charge is 2.32. The molecule has 96 valence electrons. The van der Waals surface area contributed by atoms with E-state index in [-0.39, 0.29) is 5.56 Å². The van der Waals surface area contributed by atoms with Gasteiger partial charge in [-0.05, 0) is 17.7 Å². The fourth-order valence-corrected chi connectivity index (χ4v) is 1.17. The monoisotopic (exact) mass is 261 g/mol. The highest BCUT2D eigenvalue weighted by atomic mass is 19.4. The van der Waals surface area contributed by atoms with Crippen molar-refractivity contribution in [3.05, 3.63) is 45.5 Å². The number of aliphatic carboxylic acids is 1. The number of benzene rings is 1. The van der Waals surface area contributed by atoms with Gasteiger partial charge in [-0.2, -0.15) is 13.2 Å². The first-order chi connectivity index (χ1) is 8.20. The van der Waals surface area contributed by atoms with E-state index in [9.17, 15) is 28.1 Å². The Morgan fingerprint density at radius 1 is 1.33 bits per heavy atom. The fraction of sp³-hybridized carbons (Fsp3) is 0.100. The van der Waals surface area contributed by atoms with Crippen LogP contribution in [0.5, 0.6) is 0 Å². The van der Waals surface area contributed by atoms with Crippen LogP contribution in [0.4, 0.5) is 18.9 Å². The topological polar surface area (TPSA) is 80.4 Å². The molecule has 0 fully saturated rings. The zero-order valence-electron chi connectivity index (χ0n) is 8.64. The molecule has 1 N–H and O–H groups in total. The van der Waals surface area contributed by atoms with Crippen LogP contribution in [0.1, 0.15) is 11.1 Å². The standard InChI is InChI=1S/C10H6F3NO4/c11-10(12,13)7-3-6(1-2-9(15)16)4-8(5-7)14(17)18/h1-5H,(H,15,16).